The summed E-state index contributed by atoms with van der Waals surface area (Å²) in [5.74, 6) is -0.498. The van der Waals surface area contributed by atoms with Gasteiger partial charge in [0.05, 0.1) is 6.42 Å². The van der Waals surface area contributed by atoms with Crippen molar-refractivity contribution in [3.63, 3.8) is 0 Å². The highest BCUT2D eigenvalue weighted by molar-refractivity contribution is 6.31. The van der Waals surface area contributed by atoms with Gasteiger partial charge in [0.2, 0.25) is 5.91 Å². The second kappa shape index (κ2) is 9.69. The van der Waals surface area contributed by atoms with Crippen LogP contribution in [0.3, 0.4) is 0 Å². The lowest BCUT2D eigenvalue weighted by molar-refractivity contribution is -0.138. The average molecular weight is 362 g/mol. The van der Waals surface area contributed by atoms with Gasteiger partial charge >= 0.3 is 5.97 Å². The lowest BCUT2D eigenvalue weighted by atomic mass is 10.1. The van der Waals surface area contributed by atoms with Crippen LogP contribution in [0.2, 0.25) is 5.02 Å². The summed E-state index contributed by atoms with van der Waals surface area (Å²) < 4.78 is 5.77. The van der Waals surface area contributed by atoms with Crippen molar-refractivity contribution >= 4 is 23.5 Å². The molecule has 1 amide bonds. The van der Waals surface area contributed by atoms with Gasteiger partial charge in [-0.3, -0.25) is 9.59 Å². The molecule has 0 atom stereocenters. The number of aliphatic carboxylic acids is 1. The number of ether oxygens (including phenoxy) is 1. The Morgan fingerprint density at radius 3 is 2.64 bits per heavy atom. The number of halogens is 1. The van der Waals surface area contributed by atoms with E-state index < -0.39 is 5.97 Å². The first-order valence-electron chi connectivity index (χ1n) is 7.98. The van der Waals surface area contributed by atoms with Gasteiger partial charge in [0.25, 0.3) is 0 Å². The number of rotatable bonds is 9. The van der Waals surface area contributed by atoms with E-state index in [-0.39, 0.29) is 18.7 Å². The van der Waals surface area contributed by atoms with Crippen LogP contribution in [0.4, 0.5) is 0 Å². The second-order valence-corrected chi connectivity index (χ2v) is 5.93. The number of carbonyl (C=O) groups is 2. The molecular weight excluding hydrogens is 342 g/mol. The zero-order valence-electron chi connectivity index (χ0n) is 13.7. The Kier molecular flexibility index (Phi) is 7.29. The van der Waals surface area contributed by atoms with Crippen molar-refractivity contribution in [1.29, 1.82) is 0 Å². The third kappa shape index (κ3) is 6.85. The molecule has 2 aromatic rings. The molecule has 0 spiro atoms. The quantitative estimate of drug-likeness (QED) is 0.717. The smallest absolute Gasteiger partial charge is 0.303 e. The molecule has 0 aromatic heterocycles. The standard InChI is InChI=1S/C19H20ClNO4/c20-17-7-2-1-5-15(17)13-25-16-6-3-4-14(12-16)10-11-21-18(22)8-9-19(23)24/h1-7,12H,8-11,13H2,(H,21,22)(H,23,24). The summed E-state index contributed by atoms with van der Waals surface area (Å²) in [5.41, 5.74) is 1.94. The van der Waals surface area contributed by atoms with Crippen LogP contribution in [-0.2, 0) is 22.6 Å². The normalized spacial score (nSPS) is 10.3. The molecule has 132 valence electrons. The number of hydrogen-bond acceptors (Lipinski definition) is 3. The molecular formula is C19H20ClNO4. The summed E-state index contributed by atoms with van der Waals surface area (Å²) in [4.78, 5) is 21.9. The molecule has 0 fully saturated rings. The maximum atomic E-state index is 11.5. The van der Waals surface area contributed by atoms with Crippen molar-refractivity contribution in [1.82, 2.24) is 5.32 Å². The molecule has 6 heteroatoms. The van der Waals surface area contributed by atoms with Crippen LogP contribution < -0.4 is 10.1 Å². The van der Waals surface area contributed by atoms with E-state index in [2.05, 4.69) is 5.32 Å². The number of carboxylic acids is 1. The molecule has 25 heavy (non-hydrogen) atoms. The number of hydrogen-bond donors (Lipinski definition) is 2. The fourth-order valence-electron chi connectivity index (χ4n) is 2.22. The summed E-state index contributed by atoms with van der Waals surface area (Å²) in [5, 5.41) is 11.9. The molecule has 0 aliphatic rings. The summed E-state index contributed by atoms with van der Waals surface area (Å²) >= 11 is 6.11. The maximum Gasteiger partial charge on any atom is 0.303 e. The molecule has 0 aliphatic carbocycles. The van der Waals surface area contributed by atoms with E-state index in [4.69, 9.17) is 21.4 Å². The minimum atomic E-state index is -0.974. The van der Waals surface area contributed by atoms with Crippen LogP contribution in [-0.4, -0.2) is 23.5 Å². The number of benzene rings is 2. The Balaban J connectivity index is 1.79. The predicted octanol–water partition coefficient (Wildman–Crippen LogP) is 3.44. The third-order valence-electron chi connectivity index (χ3n) is 3.55. The summed E-state index contributed by atoms with van der Waals surface area (Å²) in [6.45, 7) is 0.835. The van der Waals surface area contributed by atoms with Crippen LogP contribution in [0, 0.1) is 0 Å². The van der Waals surface area contributed by atoms with E-state index in [0.29, 0.717) is 24.6 Å². The zero-order valence-corrected chi connectivity index (χ0v) is 14.5. The highest BCUT2D eigenvalue weighted by atomic mass is 35.5. The Morgan fingerprint density at radius 2 is 1.88 bits per heavy atom. The Morgan fingerprint density at radius 1 is 1.08 bits per heavy atom. The van der Waals surface area contributed by atoms with Gasteiger partial charge in [-0.25, -0.2) is 0 Å². The van der Waals surface area contributed by atoms with Crippen molar-refractivity contribution in [2.75, 3.05) is 6.54 Å². The van der Waals surface area contributed by atoms with Gasteiger partial charge < -0.3 is 15.2 Å². The van der Waals surface area contributed by atoms with Gasteiger partial charge in [0.1, 0.15) is 12.4 Å². The van der Waals surface area contributed by atoms with Crippen LogP contribution in [0.5, 0.6) is 5.75 Å². The number of carbonyl (C=O) groups excluding carboxylic acids is 1. The minimum Gasteiger partial charge on any atom is -0.489 e. The lowest BCUT2D eigenvalue weighted by Gasteiger charge is -2.10. The van der Waals surface area contributed by atoms with Crippen LogP contribution in [0.15, 0.2) is 48.5 Å². The van der Waals surface area contributed by atoms with E-state index in [0.717, 1.165) is 16.9 Å². The third-order valence-corrected chi connectivity index (χ3v) is 3.92. The van der Waals surface area contributed by atoms with Gasteiger partial charge in [-0.1, -0.05) is 41.9 Å². The molecule has 0 heterocycles. The number of amides is 1. The molecule has 0 radical (unpaired) electrons. The molecule has 2 rings (SSSR count). The molecule has 0 saturated carbocycles. The van der Waals surface area contributed by atoms with E-state index >= 15 is 0 Å². The van der Waals surface area contributed by atoms with Crippen LogP contribution in [0.1, 0.15) is 24.0 Å². The van der Waals surface area contributed by atoms with Crippen LogP contribution in [0.25, 0.3) is 0 Å². The predicted molar refractivity (Wildman–Crippen MR) is 95.8 cm³/mol. The van der Waals surface area contributed by atoms with Gasteiger partial charge in [-0.2, -0.15) is 0 Å². The number of nitrogens with one attached hydrogen (secondary N) is 1. The van der Waals surface area contributed by atoms with Gasteiger partial charge in [0.15, 0.2) is 0 Å². The first kappa shape index (κ1) is 18.8. The second-order valence-electron chi connectivity index (χ2n) is 5.52. The molecule has 2 N–H and O–H groups in total. The molecule has 0 unspecified atom stereocenters. The molecule has 2 aromatic carbocycles. The Labute approximate surface area is 151 Å². The van der Waals surface area contributed by atoms with E-state index in [9.17, 15) is 9.59 Å². The first-order chi connectivity index (χ1) is 12.0. The minimum absolute atomic E-state index is 0.00365. The van der Waals surface area contributed by atoms with Crippen molar-refractivity contribution in [2.24, 2.45) is 0 Å². The van der Waals surface area contributed by atoms with Crippen molar-refractivity contribution < 1.29 is 19.4 Å². The van der Waals surface area contributed by atoms with E-state index in [1.807, 2.05) is 48.5 Å². The van der Waals surface area contributed by atoms with Crippen molar-refractivity contribution in [3.05, 3.63) is 64.7 Å². The lowest BCUT2D eigenvalue weighted by Crippen LogP contribution is -2.26. The zero-order chi connectivity index (χ0) is 18.1. The Hall–Kier alpha value is -2.53. The monoisotopic (exact) mass is 361 g/mol. The first-order valence-corrected chi connectivity index (χ1v) is 8.36. The Bertz CT molecular complexity index is 733. The summed E-state index contributed by atoms with van der Waals surface area (Å²) in [6.07, 6.45) is 0.482. The average Bonchev–Trinajstić information content (AvgIpc) is 2.60. The van der Waals surface area contributed by atoms with E-state index in [1.54, 1.807) is 0 Å². The fraction of sp³-hybridized carbons (Fsp3) is 0.263. The summed E-state index contributed by atoms with van der Waals surface area (Å²) in [7, 11) is 0. The summed E-state index contributed by atoms with van der Waals surface area (Å²) in [6, 6.07) is 15.1. The SMILES string of the molecule is O=C(O)CCC(=O)NCCc1cccc(OCc2ccccc2Cl)c1. The fourth-order valence-corrected chi connectivity index (χ4v) is 2.41. The molecule has 5 nitrogen and oxygen atoms in total. The number of carboxylic acid groups (broad SMARTS) is 1. The van der Waals surface area contributed by atoms with Gasteiger partial charge in [0, 0.05) is 23.6 Å². The van der Waals surface area contributed by atoms with E-state index in [1.165, 1.54) is 0 Å². The molecule has 0 aliphatic heterocycles. The van der Waals surface area contributed by atoms with Crippen LogP contribution >= 0.6 is 11.6 Å². The molecule has 0 saturated heterocycles. The largest absolute Gasteiger partial charge is 0.489 e. The van der Waals surface area contributed by atoms with Crippen molar-refractivity contribution in [3.8, 4) is 5.75 Å². The maximum absolute atomic E-state index is 11.5. The highest BCUT2D eigenvalue weighted by Gasteiger charge is 2.05. The van der Waals surface area contributed by atoms with Gasteiger partial charge in [-0.05, 0) is 30.2 Å². The molecule has 0 bridgehead atoms. The van der Waals surface area contributed by atoms with Gasteiger partial charge in [-0.15, -0.1) is 0 Å². The van der Waals surface area contributed by atoms with Crippen molar-refractivity contribution in [2.45, 2.75) is 25.9 Å². The highest BCUT2D eigenvalue weighted by Crippen LogP contribution is 2.19. The topological polar surface area (TPSA) is 75.6 Å².